The zero-order chi connectivity index (χ0) is 29.2. The third-order valence-electron chi connectivity index (χ3n) is 9.38. The molecule has 2 saturated heterocycles. The van der Waals surface area contributed by atoms with Gasteiger partial charge in [0.1, 0.15) is 12.4 Å². The number of nitriles is 1. The molecule has 0 radical (unpaired) electrons. The molecular formula is C33H43N7O2. The Bertz CT molecular complexity index is 1350. The van der Waals surface area contributed by atoms with Crippen LogP contribution in [-0.2, 0) is 24.3 Å². The highest BCUT2D eigenvalue weighted by Crippen LogP contribution is 2.42. The molecule has 0 saturated carbocycles. The summed E-state index contributed by atoms with van der Waals surface area (Å²) >= 11 is 0. The fourth-order valence-corrected chi connectivity index (χ4v) is 7.40. The number of rotatable bonds is 9. The highest BCUT2D eigenvalue weighted by atomic mass is 16.5. The van der Waals surface area contributed by atoms with Crippen molar-refractivity contribution in [3.05, 3.63) is 59.3 Å². The summed E-state index contributed by atoms with van der Waals surface area (Å²) in [5, 5.41) is 9.54. The Labute approximate surface area is 249 Å². The Balaban J connectivity index is 1.27. The van der Waals surface area contributed by atoms with Gasteiger partial charge in [0.15, 0.2) is 0 Å². The van der Waals surface area contributed by atoms with Crippen molar-refractivity contribution in [3.8, 4) is 12.1 Å². The average molecular weight is 570 g/mol. The Morgan fingerprint density at radius 3 is 2.83 bits per heavy atom. The molecule has 0 N–H and O–H groups in total. The van der Waals surface area contributed by atoms with E-state index in [2.05, 4.69) is 65.5 Å². The first kappa shape index (κ1) is 28.6. The first-order valence-electron chi connectivity index (χ1n) is 15.6. The Hall–Kier alpha value is -3.48. The van der Waals surface area contributed by atoms with Crippen molar-refractivity contribution in [1.82, 2.24) is 24.7 Å². The summed E-state index contributed by atoms with van der Waals surface area (Å²) in [5.74, 6) is 1.39. The van der Waals surface area contributed by atoms with Gasteiger partial charge in [0.05, 0.1) is 24.2 Å². The van der Waals surface area contributed by atoms with Gasteiger partial charge >= 0.3 is 6.01 Å². The van der Waals surface area contributed by atoms with Crippen molar-refractivity contribution in [1.29, 1.82) is 5.26 Å². The molecule has 9 heteroatoms. The Morgan fingerprint density at radius 1 is 1.17 bits per heavy atom. The Morgan fingerprint density at radius 2 is 2.02 bits per heavy atom. The molecule has 2 aromatic rings. The van der Waals surface area contributed by atoms with E-state index in [1.54, 1.807) is 4.90 Å². The van der Waals surface area contributed by atoms with Crippen molar-refractivity contribution in [2.24, 2.45) is 5.92 Å². The minimum Gasteiger partial charge on any atom is -0.462 e. The molecule has 222 valence electrons. The van der Waals surface area contributed by atoms with E-state index in [1.807, 2.05) is 0 Å². The Kier molecular flexibility index (Phi) is 8.45. The van der Waals surface area contributed by atoms with Crippen molar-refractivity contribution >= 4 is 11.7 Å². The number of aromatic nitrogens is 2. The van der Waals surface area contributed by atoms with Crippen LogP contribution in [0, 0.1) is 17.2 Å². The van der Waals surface area contributed by atoms with Gasteiger partial charge in [-0.1, -0.05) is 44.7 Å². The summed E-state index contributed by atoms with van der Waals surface area (Å²) < 4.78 is 6.39. The zero-order valence-corrected chi connectivity index (χ0v) is 25.0. The molecule has 4 aliphatic rings. The molecule has 1 aromatic heterocycles. The number of carbonyl (C=O) groups is 1. The molecule has 2 fully saturated rings. The maximum Gasteiger partial charge on any atom is 0.318 e. The molecule has 3 aliphatic heterocycles. The summed E-state index contributed by atoms with van der Waals surface area (Å²) in [4.78, 5) is 31.7. The third-order valence-corrected chi connectivity index (χ3v) is 9.38. The predicted molar refractivity (Wildman–Crippen MR) is 162 cm³/mol. The van der Waals surface area contributed by atoms with E-state index in [9.17, 15) is 10.1 Å². The number of hydrogen-bond acceptors (Lipinski definition) is 8. The summed E-state index contributed by atoms with van der Waals surface area (Å²) in [6, 6.07) is 12.0. The first-order valence-corrected chi connectivity index (χ1v) is 15.6. The SMILES string of the molecule is C=CC(=O)N1CCN(c2nc(OC[C@@H]3CCCN3CC(C)C)nc3c2CN(C2CCc4ccccc42)C3)C[C@@H]1CC#N. The number of benzene rings is 1. The van der Waals surface area contributed by atoms with Gasteiger partial charge in [-0.2, -0.15) is 15.2 Å². The van der Waals surface area contributed by atoms with Gasteiger partial charge in [-0.05, 0) is 55.3 Å². The zero-order valence-electron chi connectivity index (χ0n) is 25.0. The fraction of sp³-hybridized carbons (Fsp3) is 0.576. The number of amides is 1. The van der Waals surface area contributed by atoms with Gasteiger partial charge in [-0.25, -0.2) is 0 Å². The lowest BCUT2D eigenvalue weighted by Gasteiger charge is -2.41. The topological polar surface area (TPSA) is 88.8 Å². The smallest absolute Gasteiger partial charge is 0.318 e. The van der Waals surface area contributed by atoms with Crippen LogP contribution in [0.1, 0.15) is 68.0 Å². The number of fused-ring (bicyclic) bond motifs is 2. The first-order chi connectivity index (χ1) is 20.4. The number of likely N-dealkylation sites (tertiary alicyclic amines) is 1. The molecule has 1 aliphatic carbocycles. The summed E-state index contributed by atoms with van der Waals surface area (Å²) in [5.41, 5.74) is 5.05. The number of hydrogen-bond donors (Lipinski definition) is 0. The second-order valence-electron chi connectivity index (χ2n) is 12.6. The van der Waals surface area contributed by atoms with E-state index in [0.29, 0.717) is 50.3 Å². The lowest BCUT2D eigenvalue weighted by atomic mass is 10.1. The van der Waals surface area contributed by atoms with Crippen LogP contribution in [0.4, 0.5) is 5.82 Å². The molecule has 1 aromatic carbocycles. The van der Waals surface area contributed by atoms with Crippen LogP contribution in [0.5, 0.6) is 6.01 Å². The summed E-state index contributed by atoms with van der Waals surface area (Å²) in [6.45, 7) is 14.2. The van der Waals surface area contributed by atoms with Gasteiger partial charge in [-0.15, -0.1) is 0 Å². The molecule has 0 spiro atoms. The highest BCUT2D eigenvalue weighted by molar-refractivity contribution is 5.87. The molecule has 9 nitrogen and oxygen atoms in total. The van der Waals surface area contributed by atoms with Crippen molar-refractivity contribution in [2.75, 3.05) is 44.2 Å². The van der Waals surface area contributed by atoms with Gasteiger partial charge < -0.3 is 14.5 Å². The molecular weight excluding hydrogens is 526 g/mol. The molecule has 1 amide bonds. The molecule has 6 rings (SSSR count). The molecule has 3 atom stereocenters. The largest absolute Gasteiger partial charge is 0.462 e. The summed E-state index contributed by atoms with van der Waals surface area (Å²) in [7, 11) is 0. The van der Waals surface area contributed by atoms with Crippen molar-refractivity contribution in [3.63, 3.8) is 0 Å². The van der Waals surface area contributed by atoms with Crippen LogP contribution < -0.4 is 9.64 Å². The minimum atomic E-state index is -0.216. The van der Waals surface area contributed by atoms with Crippen LogP contribution in [0.25, 0.3) is 0 Å². The monoisotopic (exact) mass is 569 g/mol. The minimum absolute atomic E-state index is 0.125. The summed E-state index contributed by atoms with van der Waals surface area (Å²) in [6.07, 6.45) is 6.16. The standard InChI is InChI=1S/C33H43N7O2/c1-4-31(41)40-17-16-38(19-25(40)13-14-34)32-28-20-39(30-12-11-24-8-5-6-10-27(24)30)21-29(28)35-33(36-32)42-22-26-9-7-15-37(26)18-23(2)3/h4-6,8,10,23,25-26,30H,1,7,9,11-13,15-22H2,2-3H3/t25-,26-,30?/m0/s1. The molecule has 42 heavy (non-hydrogen) atoms. The van der Waals surface area contributed by atoms with Crippen LogP contribution in [0.3, 0.4) is 0 Å². The third kappa shape index (κ3) is 5.75. The van der Waals surface area contributed by atoms with Crippen LogP contribution in [0.2, 0.25) is 0 Å². The van der Waals surface area contributed by atoms with Crippen molar-refractivity contribution in [2.45, 2.75) is 77.2 Å². The maximum atomic E-state index is 12.6. The maximum absolute atomic E-state index is 12.6. The van der Waals surface area contributed by atoms with Crippen molar-refractivity contribution < 1.29 is 9.53 Å². The van der Waals surface area contributed by atoms with Crippen LogP contribution in [-0.4, -0.2) is 82.0 Å². The average Bonchev–Trinajstić information content (AvgIpc) is 3.73. The van der Waals surface area contributed by atoms with E-state index in [-0.39, 0.29) is 18.4 Å². The molecule has 0 bridgehead atoms. The van der Waals surface area contributed by atoms with E-state index in [1.165, 1.54) is 23.6 Å². The fourth-order valence-electron chi connectivity index (χ4n) is 7.40. The lowest BCUT2D eigenvalue weighted by Crippen LogP contribution is -2.55. The second kappa shape index (κ2) is 12.4. The number of piperazine rings is 1. The highest BCUT2D eigenvalue weighted by Gasteiger charge is 2.37. The molecule has 4 heterocycles. The van der Waals surface area contributed by atoms with Crippen LogP contribution in [0.15, 0.2) is 36.9 Å². The van der Waals surface area contributed by atoms with E-state index in [4.69, 9.17) is 14.7 Å². The number of carbonyl (C=O) groups excluding carboxylic acids is 1. The number of ether oxygens (including phenoxy) is 1. The predicted octanol–water partition coefficient (Wildman–Crippen LogP) is 4.10. The lowest BCUT2D eigenvalue weighted by molar-refractivity contribution is -0.128. The quantitative estimate of drug-likeness (QED) is 0.417. The second-order valence-corrected chi connectivity index (χ2v) is 12.6. The van der Waals surface area contributed by atoms with E-state index in [0.717, 1.165) is 62.5 Å². The van der Waals surface area contributed by atoms with Gasteiger partial charge in [0, 0.05) is 56.9 Å². The number of anilines is 1. The van der Waals surface area contributed by atoms with Crippen LogP contribution >= 0.6 is 0 Å². The number of nitrogens with zero attached hydrogens (tertiary/aromatic N) is 7. The van der Waals surface area contributed by atoms with Gasteiger partial charge in [0.2, 0.25) is 5.91 Å². The van der Waals surface area contributed by atoms with E-state index < -0.39 is 0 Å². The van der Waals surface area contributed by atoms with Gasteiger partial charge in [-0.3, -0.25) is 14.6 Å². The molecule has 1 unspecified atom stereocenters. The number of aryl methyl sites for hydroxylation is 1. The van der Waals surface area contributed by atoms with Gasteiger partial charge in [0.25, 0.3) is 0 Å². The van der Waals surface area contributed by atoms with E-state index >= 15 is 0 Å². The normalized spacial score (nSPS) is 24.1.